The Labute approximate surface area is 162 Å². The molecule has 2 aliphatic heterocycles. The Kier molecular flexibility index (Phi) is 5.25. The zero-order valence-corrected chi connectivity index (χ0v) is 15.5. The number of urea groups is 1. The first-order valence-corrected chi connectivity index (χ1v) is 9.77. The minimum absolute atomic E-state index is 0.0334. The van der Waals surface area contributed by atoms with Gasteiger partial charge in [0.2, 0.25) is 0 Å². The van der Waals surface area contributed by atoms with E-state index >= 15 is 0 Å². The topological polar surface area (TPSA) is 72.6 Å². The molecule has 8 heteroatoms. The van der Waals surface area contributed by atoms with Crippen LogP contribution in [-0.2, 0) is 6.42 Å². The summed E-state index contributed by atoms with van der Waals surface area (Å²) in [6.45, 7) is 1.23. The summed E-state index contributed by atoms with van der Waals surface area (Å²) in [5.41, 5.74) is 1.43. The molecule has 2 fully saturated rings. The Hall–Kier alpha value is -2.56. The normalized spacial score (nSPS) is 30.2. The molecule has 2 unspecified atom stereocenters. The van der Waals surface area contributed by atoms with Crippen LogP contribution >= 0.6 is 0 Å². The van der Waals surface area contributed by atoms with E-state index in [9.17, 15) is 13.6 Å². The molecule has 3 atom stereocenters. The lowest BCUT2D eigenvalue weighted by molar-refractivity contribution is 0.0465. The summed E-state index contributed by atoms with van der Waals surface area (Å²) in [5.74, 6) is 0.131. The minimum Gasteiger partial charge on any atom is -0.322 e. The van der Waals surface area contributed by atoms with Gasteiger partial charge in [-0.1, -0.05) is 0 Å². The number of alkyl halides is 2. The van der Waals surface area contributed by atoms with Crippen LogP contribution in [0.4, 0.5) is 13.6 Å². The molecule has 3 heterocycles. The van der Waals surface area contributed by atoms with Gasteiger partial charge in [0, 0.05) is 38.3 Å². The Morgan fingerprint density at radius 3 is 2.71 bits per heavy atom. The number of halogens is 2. The average Bonchev–Trinajstić information content (AvgIpc) is 3.13. The van der Waals surface area contributed by atoms with Crippen molar-refractivity contribution in [3.63, 3.8) is 0 Å². The highest BCUT2D eigenvalue weighted by Crippen LogP contribution is 2.36. The first-order valence-electron chi connectivity index (χ1n) is 9.77. The predicted molar refractivity (Wildman–Crippen MR) is 99.0 cm³/mol. The van der Waals surface area contributed by atoms with Gasteiger partial charge < -0.3 is 4.90 Å². The fourth-order valence-electron chi connectivity index (χ4n) is 4.55. The lowest BCUT2D eigenvalue weighted by atomic mass is 9.81. The molecule has 0 bridgehead atoms. The van der Waals surface area contributed by atoms with Crippen molar-refractivity contribution in [1.29, 1.82) is 5.26 Å². The summed E-state index contributed by atoms with van der Waals surface area (Å²) in [5, 5.41) is 14.6. The number of amides is 2. The highest BCUT2D eigenvalue weighted by Gasteiger charge is 2.42. The lowest BCUT2D eigenvalue weighted by Gasteiger charge is -2.43. The number of nitriles is 1. The summed E-state index contributed by atoms with van der Waals surface area (Å²) in [6, 6.07) is 5.26. The number of nitrogens with zero attached hydrogens (tertiary/aromatic N) is 5. The summed E-state index contributed by atoms with van der Waals surface area (Å²) < 4.78 is 27.6. The van der Waals surface area contributed by atoms with Gasteiger partial charge in [-0.3, -0.25) is 0 Å². The third-order valence-electron chi connectivity index (χ3n) is 5.93. The number of likely N-dealkylation sites (tertiary alicyclic amines) is 1. The van der Waals surface area contributed by atoms with Crippen molar-refractivity contribution < 1.29 is 13.6 Å². The molecule has 6 nitrogen and oxygen atoms in total. The second-order valence-corrected chi connectivity index (χ2v) is 8.03. The van der Waals surface area contributed by atoms with Gasteiger partial charge in [-0.25, -0.2) is 23.6 Å². The van der Waals surface area contributed by atoms with Crippen molar-refractivity contribution in [3.05, 3.63) is 29.6 Å². The van der Waals surface area contributed by atoms with E-state index in [2.05, 4.69) is 10.1 Å². The average molecular weight is 387 g/mol. The summed E-state index contributed by atoms with van der Waals surface area (Å²) >= 11 is 0. The van der Waals surface area contributed by atoms with E-state index < -0.39 is 12.3 Å². The molecule has 1 aliphatic carbocycles. The molecule has 1 aromatic heterocycles. The molecule has 4 rings (SSSR count). The number of carbonyl (C=O) groups excluding carboxylic acids is 1. The molecule has 1 aromatic rings. The maximum Gasteiger partial charge on any atom is 0.340 e. The van der Waals surface area contributed by atoms with Crippen LogP contribution in [0.15, 0.2) is 23.4 Å². The largest absolute Gasteiger partial charge is 0.340 e. The van der Waals surface area contributed by atoms with E-state index in [0.29, 0.717) is 44.0 Å². The highest BCUT2D eigenvalue weighted by atomic mass is 19.1. The van der Waals surface area contributed by atoms with E-state index in [1.807, 2.05) is 12.1 Å². The Morgan fingerprint density at radius 2 is 2.00 bits per heavy atom. The van der Waals surface area contributed by atoms with Crippen LogP contribution in [0.2, 0.25) is 0 Å². The second-order valence-electron chi connectivity index (χ2n) is 8.03. The Bertz CT molecular complexity index is 794. The van der Waals surface area contributed by atoms with Gasteiger partial charge in [0.15, 0.2) is 0 Å². The van der Waals surface area contributed by atoms with Crippen LogP contribution in [0.3, 0.4) is 0 Å². The molecule has 0 N–H and O–H groups in total. The molecule has 1 saturated carbocycles. The fourth-order valence-corrected chi connectivity index (χ4v) is 4.55. The van der Waals surface area contributed by atoms with E-state index in [0.717, 1.165) is 12.0 Å². The first kappa shape index (κ1) is 18.8. The maximum atomic E-state index is 13.8. The number of aromatic nitrogens is 1. The Balaban J connectivity index is 1.32. The SMILES string of the molecule is N#Cc1cc(CC2CN(C(=O)N3N=CC[C@H]3C3CC(F)CC(F)C3)C2)ccn1. The molecule has 28 heavy (non-hydrogen) atoms. The highest BCUT2D eigenvalue weighted by molar-refractivity contribution is 5.78. The summed E-state index contributed by atoms with van der Waals surface area (Å²) in [7, 11) is 0. The number of rotatable bonds is 3. The third-order valence-corrected chi connectivity index (χ3v) is 5.93. The summed E-state index contributed by atoms with van der Waals surface area (Å²) in [4.78, 5) is 18.5. The van der Waals surface area contributed by atoms with Crippen LogP contribution in [0.1, 0.15) is 36.9 Å². The van der Waals surface area contributed by atoms with Gasteiger partial charge >= 0.3 is 6.03 Å². The van der Waals surface area contributed by atoms with Crippen molar-refractivity contribution in [2.45, 2.75) is 50.5 Å². The van der Waals surface area contributed by atoms with E-state index in [1.165, 1.54) is 5.01 Å². The van der Waals surface area contributed by atoms with Crippen molar-refractivity contribution in [1.82, 2.24) is 14.9 Å². The molecule has 148 valence electrons. The minimum atomic E-state index is -1.14. The van der Waals surface area contributed by atoms with E-state index in [-0.39, 0.29) is 24.4 Å². The number of pyridine rings is 1. The van der Waals surface area contributed by atoms with Gasteiger partial charge in [0.25, 0.3) is 0 Å². The fraction of sp³-hybridized carbons (Fsp3) is 0.600. The predicted octanol–water partition coefficient (Wildman–Crippen LogP) is 3.08. The lowest BCUT2D eigenvalue weighted by Crippen LogP contribution is -2.56. The number of hydrogen-bond acceptors (Lipinski definition) is 4. The second kappa shape index (κ2) is 7.82. The van der Waals surface area contributed by atoms with Crippen LogP contribution in [0.25, 0.3) is 0 Å². The van der Waals surface area contributed by atoms with Crippen LogP contribution < -0.4 is 0 Å². The van der Waals surface area contributed by atoms with Crippen molar-refractivity contribution in [2.75, 3.05) is 13.1 Å². The molecule has 0 spiro atoms. The number of hydrogen-bond donors (Lipinski definition) is 0. The molecule has 1 saturated heterocycles. The molecule has 0 radical (unpaired) electrons. The van der Waals surface area contributed by atoms with E-state index in [1.54, 1.807) is 23.4 Å². The van der Waals surface area contributed by atoms with Gasteiger partial charge in [-0.2, -0.15) is 10.4 Å². The zero-order valence-electron chi connectivity index (χ0n) is 15.5. The van der Waals surface area contributed by atoms with Crippen molar-refractivity contribution in [3.8, 4) is 6.07 Å². The zero-order chi connectivity index (χ0) is 19.7. The Morgan fingerprint density at radius 1 is 1.25 bits per heavy atom. The van der Waals surface area contributed by atoms with Crippen LogP contribution in [0, 0.1) is 23.2 Å². The maximum absolute atomic E-state index is 13.8. The smallest absolute Gasteiger partial charge is 0.322 e. The van der Waals surface area contributed by atoms with E-state index in [4.69, 9.17) is 5.26 Å². The third kappa shape index (κ3) is 3.84. The van der Waals surface area contributed by atoms with Crippen LogP contribution in [0.5, 0.6) is 0 Å². The quantitative estimate of drug-likeness (QED) is 0.800. The first-order chi connectivity index (χ1) is 13.5. The van der Waals surface area contributed by atoms with Crippen LogP contribution in [-0.4, -0.2) is 58.6 Å². The van der Waals surface area contributed by atoms with Crippen molar-refractivity contribution >= 4 is 12.2 Å². The summed E-state index contributed by atoms with van der Waals surface area (Å²) in [6.07, 6.45) is 2.92. The van der Waals surface area contributed by atoms with Gasteiger partial charge in [0.05, 0.1) is 6.04 Å². The van der Waals surface area contributed by atoms with Gasteiger partial charge in [-0.15, -0.1) is 0 Å². The molecular formula is C20H23F2N5O. The molecule has 2 amide bonds. The molecule has 3 aliphatic rings. The molecular weight excluding hydrogens is 364 g/mol. The number of hydrazone groups is 1. The molecule has 0 aromatic carbocycles. The number of carbonyl (C=O) groups is 1. The van der Waals surface area contributed by atoms with Crippen molar-refractivity contribution in [2.24, 2.45) is 16.9 Å². The monoisotopic (exact) mass is 387 g/mol. The standard InChI is InChI=1S/C20H23F2N5O/c21-16-7-15(8-17(22)9-16)19-2-4-25-27(19)20(28)26-11-14(12-26)5-13-1-3-24-18(6-13)10-23/h1,3-4,6,14-17,19H,2,5,7-9,11-12H2/t15?,16?,17?,19-/m0/s1. The van der Waals surface area contributed by atoms with Gasteiger partial charge in [-0.05, 0) is 48.8 Å². The van der Waals surface area contributed by atoms with Gasteiger partial charge in [0.1, 0.15) is 24.1 Å².